The van der Waals surface area contributed by atoms with E-state index in [1.807, 2.05) is 25.8 Å². The predicted molar refractivity (Wildman–Crippen MR) is 45.4 cm³/mol. The van der Waals surface area contributed by atoms with Gasteiger partial charge in [-0.1, -0.05) is 0 Å². The highest BCUT2D eigenvalue weighted by Crippen LogP contribution is 1.94. The van der Waals surface area contributed by atoms with Crippen LogP contribution in [0.4, 0.5) is 0 Å². The smallest absolute Gasteiger partial charge is 0.0945 e. The maximum atomic E-state index is 3.97. The van der Waals surface area contributed by atoms with Gasteiger partial charge in [0.1, 0.15) is 0 Å². The van der Waals surface area contributed by atoms with Gasteiger partial charge in [0.2, 0.25) is 0 Å². The van der Waals surface area contributed by atoms with Crippen LogP contribution >= 0.6 is 0 Å². The van der Waals surface area contributed by atoms with Gasteiger partial charge in [-0.15, -0.1) is 0 Å². The van der Waals surface area contributed by atoms with Crippen LogP contribution in [0, 0.1) is 0 Å². The molecule has 0 aliphatic carbocycles. The van der Waals surface area contributed by atoms with E-state index in [1.165, 1.54) is 0 Å². The Balaban J connectivity index is 2.23. The number of hydrogen-bond acceptors (Lipinski definition) is 2. The quantitative estimate of drug-likeness (QED) is 0.696. The fraction of sp³-hybridized carbons (Fsp3) is 0.625. The molecule has 1 aromatic heterocycles. The molecule has 0 spiro atoms. The van der Waals surface area contributed by atoms with Gasteiger partial charge in [-0.25, -0.2) is 4.98 Å². The number of aryl methyl sites for hydroxylation is 1. The Morgan fingerprint density at radius 1 is 1.64 bits per heavy atom. The molecule has 0 radical (unpaired) electrons. The predicted octanol–water partition coefficient (Wildman–Crippen LogP) is 0.881. The van der Waals surface area contributed by atoms with E-state index >= 15 is 0 Å². The Kier molecular flexibility index (Phi) is 3.11. The van der Waals surface area contributed by atoms with E-state index < -0.39 is 0 Å². The highest BCUT2D eigenvalue weighted by Gasteiger charge is 1.96. The van der Waals surface area contributed by atoms with Crippen LogP contribution in [0.15, 0.2) is 18.7 Å². The minimum Gasteiger partial charge on any atom is -0.337 e. The van der Waals surface area contributed by atoms with Crippen molar-refractivity contribution in [3.05, 3.63) is 18.7 Å². The summed E-state index contributed by atoms with van der Waals surface area (Å²) in [6.07, 6.45) is 6.79. The van der Waals surface area contributed by atoms with E-state index in [0.29, 0.717) is 6.04 Å². The van der Waals surface area contributed by atoms with E-state index in [2.05, 4.69) is 21.8 Å². The third-order valence-corrected chi connectivity index (χ3v) is 1.87. The minimum absolute atomic E-state index is 0.581. The molecule has 0 bridgehead atoms. The van der Waals surface area contributed by atoms with Crippen molar-refractivity contribution < 1.29 is 0 Å². The molecular formula is C8H15N3. The Labute approximate surface area is 67.4 Å². The number of nitrogens with one attached hydrogen (secondary N) is 1. The van der Waals surface area contributed by atoms with Crippen LogP contribution in [0.25, 0.3) is 0 Å². The van der Waals surface area contributed by atoms with Gasteiger partial charge in [0.25, 0.3) is 0 Å². The fourth-order valence-corrected chi connectivity index (χ4v) is 0.906. The first-order valence-corrected chi connectivity index (χ1v) is 3.96. The second-order valence-electron chi connectivity index (χ2n) is 2.78. The van der Waals surface area contributed by atoms with Gasteiger partial charge >= 0.3 is 0 Å². The lowest BCUT2D eigenvalue weighted by atomic mass is 10.2. The fourth-order valence-electron chi connectivity index (χ4n) is 0.906. The number of imidazole rings is 1. The standard InChI is InChI=1S/C8H15N3/c1-8(9-2)3-5-11-6-4-10-7-11/h4,6-9H,3,5H2,1-2H3. The molecule has 3 nitrogen and oxygen atoms in total. The van der Waals surface area contributed by atoms with Gasteiger partial charge in [0, 0.05) is 25.0 Å². The molecule has 3 heteroatoms. The van der Waals surface area contributed by atoms with Crippen molar-refractivity contribution in [1.82, 2.24) is 14.9 Å². The monoisotopic (exact) mass is 153 g/mol. The average molecular weight is 153 g/mol. The van der Waals surface area contributed by atoms with Crippen molar-refractivity contribution in [3.8, 4) is 0 Å². The van der Waals surface area contributed by atoms with E-state index in [9.17, 15) is 0 Å². The molecule has 1 aromatic rings. The maximum absolute atomic E-state index is 3.97. The molecule has 11 heavy (non-hydrogen) atoms. The van der Waals surface area contributed by atoms with E-state index in [4.69, 9.17) is 0 Å². The molecule has 0 aliphatic rings. The lowest BCUT2D eigenvalue weighted by Crippen LogP contribution is -2.22. The Bertz CT molecular complexity index is 181. The first-order valence-electron chi connectivity index (χ1n) is 3.96. The Morgan fingerprint density at radius 3 is 3.00 bits per heavy atom. The average Bonchev–Trinajstić information content (AvgIpc) is 2.52. The first kappa shape index (κ1) is 8.27. The van der Waals surface area contributed by atoms with Crippen LogP contribution in [0.3, 0.4) is 0 Å². The molecule has 0 saturated heterocycles. The highest BCUT2D eigenvalue weighted by molar-refractivity contribution is 4.74. The molecule has 0 aromatic carbocycles. The van der Waals surface area contributed by atoms with E-state index in [0.717, 1.165) is 13.0 Å². The van der Waals surface area contributed by atoms with Crippen LogP contribution in [0.5, 0.6) is 0 Å². The summed E-state index contributed by atoms with van der Waals surface area (Å²) in [5.74, 6) is 0. The summed E-state index contributed by atoms with van der Waals surface area (Å²) in [6.45, 7) is 3.22. The second kappa shape index (κ2) is 4.13. The van der Waals surface area contributed by atoms with Crippen molar-refractivity contribution in [2.45, 2.75) is 25.9 Å². The Morgan fingerprint density at radius 2 is 2.45 bits per heavy atom. The van der Waals surface area contributed by atoms with Crippen molar-refractivity contribution in [2.75, 3.05) is 7.05 Å². The molecular weight excluding hydrogens is 138 g/mol. The first-order chi connectivity index (χ1) is 5.33. The summed E-state index contributed by atoms with van der Waals surface area (Å²) in [4.78, 5) is 3.97. The van der Waals surface area contributed by atoms with Gasteiger partial charge in [-0.3, -0.25) is 0 Å². The van der Waals surface area contributed by atoms with Crippen LogP contribution in [0.1, 0.15) is 13.3 Å². The van der Waals surface area contributed by atoms with Crippen molar-refractivity contribution in [1.29, 1.82) is 0 Å². The van der Waals surface area contributed by atoms with Gasteiger partial charge < -0.3 is 9.88 Å². The molecule has 0 fully saturated rings. The number of nitrogens with zero attached hydrogens (tertiary/aromatic N) is 2. The third-order valence-electron chi connectivity index (χ3n) is 1.87. The summed E-state index contributed by atoms with van der Waals surface area (Å²) in [6, 6.07) is 0.581. The molecule has 1 unspecified atom stereocenters. The zero-order valence-corrected chi connectivity index (χ0v) is 7.12. The molecule has 0 aliphatic heterocycles. The highest BCUT2D eigenvalue weighted by atomic mass is 15.0. The third kappa shape index (κ3) is 2.72. The Hall–Kier alpha value is -0.830. The largest absolute Gasteiger partial charge is 0.337 e. The van der Waals surface area contributed by atoms with Crippen molar-refractivity contribution >= 4 is 0 Å². The number of hydrogen-bond donors (Lipinski definition) is 1. The SMILES string of the molecule is CNC(C)CCn1ccnc1. The summed E-state index contributed by atoms with van der Waals surface area (Å²) in [5, 5.41) is 3.19. The van der Waals surface area contributed by atoms with Crippen LogP contribution in [0.2, 0.25) is 0 Å². The molecule has 1 rings (SSSR count). The van der Waals surface area contributed by atoms with E-state index in [1.54, 1.807) is 0 Å². The van der Waals surface area contributed by atoms with Crippen LogP contribution in [-0.4, -0.2) is 22.6 Å². The normalized spacial score (nSPS) is 13.3. The van der Waals surface area contributed by atoms with Gasteiger partial charge in [0.05, 0.1) is 6.33 Å². The molecule has 0 saturated carbocycles. The van der Waals surface area contributed by atoms with Crippen LogP contribution < -0.4 is 5.32 Å². The van der Waals surface area contributed by atoms with Crippen molar-refractivity contribution in [3.63, 3.8) is 0 Å². The summed E-state index contributed by atoms with van der Waals surface area (Å²) in [7, 11) is 1.98. The second-order valence-corrected chi connectivity index (χ2v) is 2.78. The molecule has 62 valence electrons. The van der Waals surface area contributed by atoms with E-state index in [-0.39, 0.29) is 0 Å². The topological polar surface area (TPSA) is 29.9 Å². The molecule has 1 N–H and O–H groups in total. The molecule has 1 heterocycles. The lowest BCUT2D eigenvalue weighted by molar-refractivity contribution is 0.510. The summed E-state index contributed by atoms with van der Waals surface area (Å²) in [5.41, 5.74) is 0. The molecule has 0 amide bonds. The van der Waals surface area contributed by atoms with Crippen molar-refractivity contribution in [2.24, 2.45) is 0 Å². The van der Waals surface area contributed by atoms with Gasteiger partial charge in [-0.2, -0.15) is 0 Å². The zero-order chi connectivity index (χ0) is 8.10. The molecule has 1 atom stereocenters. The lowest BCUT2D eigenvalue weighted by Gasteiger charge is -2.09. The van der Waals surface area contributed by atoms with Gasteiger partial charge in [-0.05, 0) is 20.4 Å². The van der Waals surface area contributed by atoms with Gasteiger partial charge in [0.15, 0.2) is 0 Å². The zero-order valence-electron chi connectivity index (χ0n) is 7.12. The minimum atomic E-state index is 0.581. The summed E-state index contributed by atoms with van der Waals surface area (Å²) < 4.78 is 2.09. The number of aromatic nitrogens is 2. The summed E-state index contributed by atoms with van der Waals surface area (Å²) >= 11 is 0. The number of rotatable bonds is 4. The van der Waals surface area contributed by atoms with Crippen LogP contribution in [-0.2, 0) is 6.54 Å². The maximum Gasteiger partial charge on any atom is 0.0945 e.